The number of rotatable bonds is 47. The molecule has 0 aromatic carbocycles. The van der Waals surface area contributed by atoms with Crippen LogP contribution in [-0.4, -0.2) is 47.4 Å². The van der Waals surface area contributed by atoms with Gasteiger partial charge in [0, 0.05) is 12.8 Å². The second-order valence-corrected chi connectivity index (χ2v) is 17.5. The number of esters is 1. The van der Waals surface area contributed by atoms with Crippen molar-refractivity contribution < 1.29 is 24.5 Å². The van der Waals surface area contributed by atoms with E-state index < -0.39 is 12.1 Å². The van der Waals surface area contributed by atoms with E-state index in [2.05, 4.69) is 31.3 Å². The van der Waals surface area contributed by atoms with Gasteiger partial charge >= 0.3 is 5.97 Å². The maximum absolute atomic E-state index is 12.4. The number of carbonyl (C=O) groups is 2. The predicted octanol–water partition coefficient (Wildman–Crippen LogP) is 15.0. The molecule has 6 nitrogen and oxygen atoms in total. The molecular formula is C51H99NO5. The van der Waals surface area contributed by atoms with Gasteiger partial charge < -0.3 is 20.3 Å². The van der Waals surface area contributed by atoms with Crippen molar-refractivity contribution in [2.24, 2.45) is 0 Å². The first kappa shape index (κ1) is 55.6. The normalized spacial score (nSPS) is 12.7. The van der Waals surface area contributed by atoms with Crippen LogP contribution >= 0.6 is 0 Å². The van der Waals surface area contributed by atoms with Crippen molar-refractivity contribution in [2.75, 3.05) is 13.2 Å². The average molecular weight is 806 g/mol. The molecule has 2 atom stereocenters. The zero-order valence-corrected chi connectivity index (χ0v) is 38.3. The summed E-state index contributed by atoms with van der Waals surface area (Å²) in [7, 11) is 0. The second-order valence-electron chi connectivity index (χ2n) is 17.5. The van der Waals surface area contributed by atoms with Crippen molar-refractivity contribution >= 4 is 11.9 Å². The largest absolute Gasteiger partial charge is 0.466 e. The van der Waals surface area contributed by atoms with Crippen LogP contribution in [-0.2, 0) is 14.3 Å². The number of aliphatic hydroxyl groups excluding tert-OH is 2. The minimum absolute atomic E-state index is 0.0324. The fourth-order valence-electron chi connectivity index (χ4n) is 7.87. The molecule has 0 heterocycles. The molecule has 0 saturated heterocycles. The summed E-state index contributed by atoms with van der Waals surface area (Å²) in [6.45, 7) is 4.87. The molecule has 0 rings (SSSR count). The molecule has 6 heteroatoms. The van der Waals surface area contributed by atoms with Crippen LogP contribution in [0.5, 0.6) is 0 Å². The third-order valence-electron chi connectivity index (χ3n) is 11.8. The Morgan fingerprint density at radius 2 is 0.825 bits per heavy atom. The first-order valence-electron chi connectivity index (χ1n) is 25.4. The molecule has 3 N–H and O–H groups in total. The number of aliphatic hydroxyl groups is 2. The number of hydrogen-bond donors (Lipinski definition) is 3. The summed E-state index contributed by atoms with van der Waals surface area (Å²) in [6, 6.07) is -0.564. The van der Waals surface area contributed by atoms with Gasteiger partial charge in [0.15, 0.2) is 0 Å². The minimum Gasteiger partial charge on any atom is -0.466 e. The Labute approximate surface area is 355 Å². The fourth-order valence-corrected chi connectivity index (χ4v) is 7.87. The molecule has 0 fully saturated rings. The number of hydrogen-bond acceptors (Lipinski definition) is 5. The van der Waals surface area contributed by atoms with Crippen LogP contribution in [0.3, 0.4) is 0 Å². The number of carbonyl (C=O) groups excluding carboxylic acids is 2. The lowest BCUT2D eigenvalue weighted by molar-refractivity contribution is -0.143. The van der Waals surface area contributed by atoms with Crippen LogP contribution < -0.4 is 5.32 Å². The molecule has 0 aromatic rings. The zero-order valence-electron chi connectivity index (χ0n) is 38.3. The fraction of sp³-hybridized carbons (Fsp3) is 0.922. The molecule has 0 aromatic heterocycles. The monoisotopic (exact) mass is 806 g/mol. The van der Waals surface area contributed by atoms with Gasteiger partial charge in [0.2, 0.25) is 5.91 Å². The number of ether oxygens (including phenoxy) is 1. The average Bonchev–Trinajstić information content (AvgIpc) is 3.21. The Bertz CT molecular complexity index is 847. The van der Waals surface area contributed by atoms with E-state index in [-0.39, 0.29) is 18.5 Å². The van der Waals surface area contributed by atoms with Gasteiger partial charge in [-0.2, -0.15) is 0 Å². The molecule has 0 spiro atoms. The molecule has 57 heavy (non-hydrogen) atoms. The van der Waals surface area contributed by atoms with E-state index in [0.717, 1.165) is 77.0 Å². The lowest BCUT2D eigenvalue weighted by Crippen LogP contribution is -2.45. The molecule has 338 valence electrons. The van der Waals surface area contributed by atoms with Crippen LogP contribution in [0, 0.1) is 0 Å². The highest BCUT2D eigenvalue weighted by molar-refractivity contribution is 5.76. The van der Waals surface area contributed by atoms with Crippen LogP contribution in [0.15, 0.2) is 12.2 Å². The Morgan fingerprint density at radius 1 is 0.474 bits per heavy atom. The Kier molecular flexibility index (Phi) is 46.1. The van der Waals surface area contributed by atoms with Crippen molar-refractivity contribution in [3.8, 4) is 0 Å². The van der Waals surface area contributed by atoms with Crippen LogP contribution in [0.2, 0.25) is 0 Å². The lowest BCUT2D eigenvalue weighted by Gasteiger charge is -2.22. The summed E-state index contributed by atoms with van der Waals surface area (Å²) in [5, 5.41) is 23.1. The maximum Gasteiger partial charge on any atom is 0.305 e. The van der Waals surface area contributed by atoms with Gasteiger partial charge in [-0.1, -0.05) is 225 Å². The van der Waals surface area contributed by atoms with Crippen LogP contribution in [0.1, 0.15) is 277 Å². The quantitative estimate of drug-likeness (QED) is 0.0323. The summed E-state index contributed by atoms with van der Waals surface area (Å²) >= 11 is 0. The van der Waals surface area contributed by atoms with Gasteiger partial charge in [-0.3, -0.25) is 9.59 Å². The van der Waals surface area contributed by atoms with E-state index in [1.165, 1.54) is 167 Å². The standard InChI is InChI=1S/C51H99NO5/c1-3-5-7-9-11-13-15-17-18-19-20-22-24-29-33-37-41-45-51(56)57-46-42-38-34-30-26-25-28-32-36-40-44-50(55)52-48(47-53)49(54)43-39-35-31-27-23-21-16-14-12-10-8-6-4-2/h26,30,48-49,53-54H,3-25,27-29,31-47H2,1-2H3,(H,52,55)/b30-26-. The summed E-state index contributed by atoms with van der Waals surface area (Å²) in [5.41, 5.74) is 0. The molecule has 0 radical (unpaired) electrons. The third-order valence-corrected chi connectivity index (χ3v) is 11.8. The molecule has 0 aliphatic heterocycles. The molecule has 2 unspecified atom stereocenters. The summed E-state index contributed by atoms with van der Waals surface area (Å²) < 4.78 is 5.44. The van der Waals surface area contributed by atoms with Gasteiger partial charge in [0.05, 0.1) is 25.4 Å². The molecule has 0 aliphatic carbocycles. The molecule has 0 bridgehead atoms. The number of unbranched alkanes of at least 4 members (excludes halogenated alkanes) is 34. The van der Waals surface area contributed by atoms with E-state index >= 15 is 0 Å². The number of nitrogens with one attached hydrogen (secondary N) is 1. The first-order chi connectivity index (χ1) is 28.0. The van der Waals surface area contributed by atoms with Gasteiger partial charge in [-0.15, -0.1) is 0 Å². The molecule has 0 aliphatic rings. The second kappa shape index (κ2) is 47.3. The van der Waals surface area contributed by atoms with Crippen molar-refractivity contribution in [3.05, 3.63) is 12.2 Å². The van der Waals surface area contributed by atoms with Crippen molar-refractivity contribution in [1.29, 1.82) is 0 Å². The van der Waals surface area contributed by atoms with E-state index in [1.807, 2.05) is 0 Å². The zero-order chi connectivity index (χ0) is 41.5. The van der Waals surface area contributed by atoms with Gasteiger partial charge in [-0.05, 0) is 51.4 Å². The summed E-state index contributed by atoms with van der Waals surface area (Å²) in [5.74, 6) is -0.102. The highest BCUT2D eigenvalue weighted by Crippen LogP contribution is 2.16. The van der Waals surface area contributed by atoms with Crippen LogP contribution in [0.25, 0.3) is 0 Å². The van der Waals surface area contributed by atoms with E-state index in [4.69, 9.17) is 4.74 Å². The highest BCUT2D eigenvalue weighted by Gasteiger charge is 2.20. The van der Waals surface area contributed by atoms with Gasteiger partial charge in [-0.25, -0.2) is 0 Å². The minimum atomic E-state index is -0.684. The SMILES string of the molecule is CCCCCCCCCCCCCCCCCCCC(=O)OCCCC/C=C\CCCCCCC(=O)NC(CO)C(O)CCCCCCCCCCCCCCC. The van der Waals surface area contributed by atoms with E-state index in [1.54, 1.807) is 0 Å². The van der Waals surface area contributed by atoms with Crippen molar-refractivity contribution in [2.45, 2.75) is 289 Å². The number of amides is 1. The summed E-state index contributed by atoms with van der Waals surface area (Å²) in [6.07, 6.45) is 53.3. The Morgan fingerprint density at radius 3 is 1.25 bits per heavy atom. The first-order valence-corrected chi connectivity index (χ1v) is 25.4. The van der Waals surface area contributed by atoms with E-state index in [9.17, 15) is 19.8 Å². The molecular weight excluding hydrogens is 707 g/mol. The van der Waals surface area contributed by atoms with Gasteiger partial charge in [0.25, 0.3) is 0 Å². The molecule has 0 saturated carbocycles. The summed E-state index contributed by atoms with van der Waals surface area (Å²) in [4.78, 5) is 24.5. The van der Waals surface area contributed by atoms with Crippen LogP contribution in [0.4, 0.5) is 0 Å². The van der Waals surface area contributed by atoms with Crippen molar-refractivity contribution in [1.82, 2.24) is 5.32 Å². The third kappa shape index (κ3) is 44.0. The predicted molar refractivity (Wildman–Crippen MR) is 246 cm³/mol. The lowest BCUT2D eigenvalue weighted by atomic mass is 10.0. The van der Waals surface area contributed by atoms with Crippen molar-refractivity contribution in [3.63, 3.8) is 0 Å². The highest BCUT2D eigenvalue weighted by atomic mass is 16.5. The van der Waals surface area contributed by atoms with Gasteiger partial charge in [0.1, 0.15) is 0 Å². The Hall–Kier alpha value is -1.40. The van der Waals surface area contributed by atoms with E-state index in [0.29, 0.717) is 25.9 Å². The molecule has 1 amide bonds. The Balaban J connectivity index is 3.49. The topological polar surface area (TPSA) is 95.9 Å². The smallest absolute Gasteiger partial charge is 0.305 e. The number of allylic oxidation sites excluding steroid dienone is 2. The maximum atomic E-state index is 12.4.